The van der Waals surface area contributed by atoms with Gasteiger partial charge in [-0.25, -0.2) is 9.78 Å². The zero-order valence-electron chi connectivity index (χ0n) is 8.84. The Kier molecular flexibility index (Phi) is 4.53. The highest BCUT2D eigenvalue weighted by Crippen LogP contribution is 2.18. The minimum absolute atomic E-state index is 0.173. The van der Waals surface area contributed by atoms with Crippen LogP contribution in [-0.4, -0.2) is 41.5 Å². The molecule has 6 heteroatoms. The van der Waals surface area contributed by atoms with E-state index in [0.717, 1.165) is 0 Å². The zero-order chi connectivity index (χ0) is 12.0. The van der Waals surface area contributed by atoms with Crippen LogP contribution in [0.3, 0.4) is 0 Å². The molecule has 0 bridgehead atoms. The third-order valence-electron chi connectivity index (χ3n) is 1.79. The molecule has 1 aromatic rings. The van der Waals surface area contributed by atoms with Crippen molar-refractivity contribution in [2.45, 2.75) is 6.42 Å². The van der Waals surface area contributed by atoms with Gasteiger partial charge >= 0.3 is 5.97 Å². The van der Waals surface area contributed by atoms with Crippen molar-refractivity contribution in [1.29, 1.82) is 0 Å². The lowest BCUT2D eigenvalue weighted by Crippen LogP contribution is -2.06. The van der Waals surface area contributed by atoms with Crippen molar-refractivity contribution in [1.82, 2.24) is 4.98 Å². The Hall–Kier alpha value is -1.82. The van der Waals surface area contributed by atoms with E-state index in [-0.39, 0.29) is 11.6 Å². The largest absolute Gasteiger partial charge is 0.505 e. The fraction of sp³-hybridized carbons (Fsp3) is 0.400. The Balaban J connectivity index is 2.61. The number of aromatic hydroxyl groups is 1. The lowest BCUT2D eigenvalue weighted by Gasteiger charge is -2.06. The van der Waals surface area contributed by atoms with E-state index in [4.69, 9.17) is 14.6 Å². The smallest absolute Gasteiger partial charge is 0.358 e. The molecular weight excluding hydrogens is 214 g/mol. The van der Waals surface area contributed by atoms with Crippen LogP contribution < -0.4 is 4.74 Å². The van der Waals surface area contributed by atoms with E-state index in [2.05, 4.69) is 4.98 Å². The number of hydrogen-bond acceptors (Lipinski definition) is 5. The van der Waals surface area contributed by atoms with Gasteiger partial charge in [-0.2, -0.15) is 0 Å². The van der Waals surface area contributed by atoms with Gasteiger partial charge in [0.25, 0.3) is 0 Å². The lowest BCUT2D eigenvalue weighted by atomic mass is 10.3. The monoisotopic (exact) mass is 227 g/mol. The highest BCUT2D eigenvalue weighted by molar-refractivity contribution is 5.88. The Morgan fingerprint density at radius 2 is 2.19 bits per heavy atom. The van der Waals surface area contributed by atoms with Crippen molar-refractivity contribution >= 4 is 5.97 Å². The van der Waals surface area contributed by atoms with Crippen LogP contribution in [0.1, 0.15) is 16.9 Å². The molecule has 1 aromatic heterocycles. The summed E-state index contributed by atoms with van der Waals surface area (Å²) in [7, 11) is 1.58. The summed E-state index contributed by atoms with van der Waals surface area (Å²) < 4.78 is 10.0. The van der Waals surface area contributed by atoms with E-state index in [1.807, 2.05) is 0 Å². The van der Waals surface area contributed by atoms with Gasteiger partial charge in [0.1, 0.15) is 5.75 Å². The molecule has 0 spiro atoms. The number of carboxylic acid groups (broad SMARTS) is 1. The second-order valence-electron chi connectivity index (χ2n) is 3.02. The normalized spacial score (nSPS) is 10.1. The summed E-state index contributed by atoms with van der Waals surface area (Å²) in [5, 5.41) is 17.9. The maximum absolute atomic E-state index is 10.7. The summed E-state index contributed by atoms with van der Waals surface area (Å²) in [4.78, 5) is 14.3. The van der Waals surface area contributed by atoms with Gasteiger partial charge < -0.3 is 19.7 Å². The minimum atomic E-state index is -1.29. The van der Waals surface area contributed by atoms with Gasteiger partial charge in [-0.3, -0.25) is 0 Å². The summed E-state index contributed by atoms with van der Waals surface area (Å²) >= 11 is 0. The maximum Gasteiger partial charge on any atom is 0.358 e. The SMILES string of the molecule is COCCCOc1ccc(O)c(C(=O)O)n1. The third kappa shape index (κ3) is 3.39. The van der Waals surface area contributed by atoms with Crippen LogP contribution in [-0.2, 0) is 4.74 Å². The van der Waals surface area contributed by atoms with E-state index in [1.165, 1.54) is 12.1 Å². The number of rotatable bonds is 6. The first kappa shape index (κ1) is 12.3. The van der Waals surface area contributed by atoms with E-state index in [9.17, 15) is 9.90 Å². The number of carboxylic acids is 1. The van der Waals surface area contributed by atoms with Gasteiger partial charge in [-0.15, -0.1) is 0 Å². The molecule has 16 heavy (non-hydrogen) atoms. The van der Waals surface area contributed by atoms with E-state index < -0.39 is 11.7 Å². The molecule has 1 rings (SSSR count). The predicted molar refractivity (Wildman–Crippen MR) is 54.8 cm³/mol. The molecule has 0 aliphatic rings. The van der Waals surface area contributed by atoms with E-state index in [1.54, 1.807) is 7.11 Å². The number of hydrogen-bond donors (Lipinski definition) is 2. The summed E-state index contributed by atoms with van der Waals surface area (Å²) in [6.45, 7) is 0.939. The van der Waals surface area contributed by atoms with Crippen molar-refractivity contribution in [3.63, 3.8) is 0 Å². The first-order valence-corrected chi connectivity index (χ1v) is 4.70. The molecular formula is C10H13NO5. The standard InChI is InChI=1S/C10H13NO5/c1-15-5-2-6-16-8-4-3-7(12)9(11-8)10(13)14/h3-4,12H,2,5-6H2,1H3,(H,13,14). The summed E-state index contributed by atoms with van der Waals surface area (Å²) in [6.07, 6.45) is 0.682. The first-order chi connectivity index (χ1) is 7.65. The Bertz CT molecular complexity index is 366. The number of nitrogens with zero attached hydrogens (tertiary/aromatic N) is 1. The molecule has 6 nitrogen and oxygen atoms in total. The van der Waals surface area contributed by atoms with E-state index in [0.29, 0.717) is 19.6 Å². The quantitative estimate of drug-likeness (QED) is 0.702. The summed E-state index contributed by atoms with van der Waals surface area (Å²) in [5.74, 6) is -1.50. The molecule has 0 fully saturated rings. The Morgan fingerprint density at radius 1 is 1.44 bits per heavy atom. The molecule has 0 saturated heterocycles. The van der Waals surface area contributed by atoms with Gasteiger partial charge in [0.05, 0.1) is 6.61 Å². The molecule has 0 aromatic carbocycles. The van der Waals surface area contributed by atoms with Crippen LogP contribution >= 0.6 is 0 Å². The highest BCUT2D eigenvalue weighted by Gasteiger charge is 2.12. The number of carbonyl (C=O) groups is 1. The maximum atomic E-state index is 10.7. The lowest BCUT2D eigenvalue weighted by molar-refractivity contribution is 0.0685. The van der Waals surface area contributed by atoms with Crippen molar-refractivity contribution in [3.05, 3.63) is 17.8 Å². The summed E-state index contributed by atoms with van der Waals surface area (Å²) in [6, 6.07) is 2.65. The summed E-state index contributed by atoms with van der Waals surface area (Å²) in [5.41, 5.74) is -0.413. The molecule has 1 heterocycles. The van der Waals surface area contributed by atoms with Gasteiger partial charge in [0.15, 0.2) is 5.69 Å². The minimum Gasteiger partial charge on any atom is -0.505 e. The molecule has 88 valence electrons. The zero-order valence-corrected chi connectivity index (χ0v) is 8.84. The fourth-order valence-corrected chi connectivity index (χ4v) is 1.05. The van der Waals surface area contributed by atoms with Crippen molar-refractivity contribution < 1.29 is 24.5 Å². The molecule has 0 radical (unpaired) electrons. The number of methoxy groups -OCH3 is 1. The number of ether oxygens (including phenoxy) is 2. The number of aromatic nitrogens is 1. The predicted octanol–water partition coefficient (Wildman–Crippen LogP) is 0.901. The van der Waals surface area contributed by atoms with Gasteiger partial charge in [0.2, 0.25) is 5.88 Å². The van der Waals surface area contributed by atoms with Gasteiger partial charge in [-0.1, -0.05) is 0 Å². The van der Waals surface area contributed by atoms with Crippen molar-refractivity contribution in [3.8, 4) is 11.6 Å². The van der Waals surface area contributed by atoms with Crippen LogP contribution in [0.5, 0.6) is 11.6 Å². The van der Waals surface area contributed by atoms with Gasteiger partial charge in [0, 0.05) is 26.2 Å². The van der Waals surface area contributed by atoms with Crippen molar-refractivity contribution in [2.75, 3.05) is 20.3 Å². The third-order valence-corrected chi connectivity index (χ3v) is 1.79. The number of pyridine rings is 1. The molecule has 2 N–H and O–H groups in total. The van der Waals surface area contributed by atoms with Crippen LogP contribution in [0.15, 0.2) is 12.1 Å². The second kappa shape index (κ2) is 5.92. The molecule has 0 atom stereocenters. The Labute approximate surface area is 92.5 Å². The van der Waals surface area contributed by atoms with Crippen LogP contribution in [0.2, 0.25) is 0 Å². The fourth-order valence-electron chi connectivity index (χ4n) is 1.05. The van der Waals surface area contributed by atoms with Crippen LogP contribution in [0.25, 0.3) is 0 Å². The van der Waals surface area contributed by atoms with Crippen LogP contribution in [0, 0.1) is 0 Å². The molecule has 0 saturated carbocycles. The molecule has 0 aliphatic heterocycles. The molecule has 0 unspecified atom stereocenters. The molecule has 0 amide bonds. The van der Waals surface area contributed by atoms with Crippen LogP contribution in [0.4, 0.5) is 0 Å². The van der Waals surface area contributed by atoms with Crippen molar-refractivity contribution in [2.24, 2.45) is 0 Å². The number of aromatic carboxylic acids is 1. The second-order valence-corrected chi connectivity index (χ2v) is 3.02. The Morgan fingerprint density at radius 3 is 2.81 bits per heavy atom. The topological polar surface area (TPSA) is 88.9 Å². The average molecular weight is 227 g/mol. The first-order valence-electron chi connectivity index (χ1n) is 4.70. The average Bonchev–Trinajstić information content (AvgIpc) is 2.26. The van der Waals surface area contributed by atoms with E-state index >= 15 is 0 Å². The highest BCUT2D eigenvalue weighted by atomic mass is 16.5. The molecule has 0 aliphatic carbocycles. The van der Waals surface area contributed by atoms with Gasteiger partial charge in [-0.05, 0) is 6.07 Å².